The molecule has 3 aromatic rings. The second-order valence-corrected chi connectivity index (χ2v) is 6.95. The molecule has 0 radical (unpaired) electrons. The van der Waals surface area contributed by atoms with Crippen molar-refractivity contribution < 1.29 is 18.7 Å². The first-order chi connectivity index (χ1) is 13.4. The molecule has 1 unspecified atom stereocenters. The third-order valence-electron chi connectivity index (χ3n) is 5.06. The highest BCUT2D eigenvalue weighted by Gasteiger charge is 2.16. The number of hydrogen-bond acceptors (Lipinski definition) is 4. The molecule has 0 aliphatic rings. The average Bonchev–Trinajstić information content (AvgIpc) is 3.08. The monoisotopic (exact) mass is 381 g/mol. The number of methoxy groups -OCH3 is 1. The highest BCUT2D eigenvalue weighted by Crippen LogP contribution is 2.30. The SMILES string of the molecule is CCOc1ccc(C(C)NC(=O)Cc2coc3c(C)c(C)ccc23)cc1OC. The maximum absolute atomic E-state index is 12.6. The largest absolute Gasteiger partial charge is 0.493 e. The summed E-state index contributed by atoms with van der Waals surface area (Å²) in [5, 5.41) is 4.05. The van der Waals surface area contributed by atoms with Gasteiger partial charge in [0.2, 0.25) is 5.91 Å². The molecule has 2 aromatic carbocycles. The first kappa shape index (κ1) is 19.8. The summed E-state index contributed by atoms with van der Waals surface area (Å²) in [6.07, 6.45) is 1.95. The fraction of sp³-hybridized carbons (Fsp3) is 0.348. The van der Waals surface area contributed by atoms with Crippen molar-refractivity contribution >= 4 is 16.9 Å². The molecule has 0 bridgehead atoms. The van der Waals surface area contributed by atoms with E-state index in [1.165, 1.54) is 5.56 Å². The van der Waals surface area contributed by atoms with Crippen LogP contribution in [0.4, 0.5) is 0 Å². The van der Waals surface area contributed by atoms with Crippen LogP contribution in [-0.2, 0) is 11.2 Å². The molecule has 3 rings (SSSR count). The van der Waals surface area contributed by atoms with Gasteiger partial charge >= 0.3 is 0 Å². The number of rotatable bonds is 7. The first-order valence-corrected chi connectivity index (χ1v) is 9.51. The fourth-order valence-electron chi connectivity index (χ4n) is 3.30. The van der Waals surface area contributed by atoms with Gasteiger partial charge < -0.3 is 19.2 Å². The second-order valence-electron chi connectivity index (χ2n) is 6.95. The van der Waals surface area contributed by atoms with Crippen LogP contribution >= 0.6 is 0 Å². The zero-order chi connectivity index (χ0) is 20.3. The molecule has 0 saturated carbocycles. The molecule has 1 aromatic heterocycles. The van der Waals surface area contributed by atoms with Gasteiger partial charge in [-0.15, -0.1) is 0 Å². The van der Waals surface area contributed by atoms with E-state index in [0.29, 0.717) is 18.1 Å². The predicted octanol–water partition coefficient (Wildman–Crippen LogP) is 4.88. The van der Waals surface area contributed by atoms with E-state index in [1.807, 2.05) is 45.0 Å². The first-order valence-electron chi connectivity index (χ1n) is 9.51. The van der Waals surface area contributed by atoms with Gasteiger partial charge in [-0.1, -0.05) is 18.2 Å². The lowest BCUT2D eigenvalue weighted by Gasteiger charge is -2.17. The van der Waals surface area contributed by atoms with Crippen molar-refractivity contribution in [3.8, 4) is 11.5 Å². The molecule has 0 fully saturated rings. The Hall–Kier alpha value is -2.95. The quantitative estimate of drug-likeness (QED) is 0.634. The summed E-state index contributed by atoms with van der Waals surface area (Å²) < 4.78 is 16.7. The zero-order valence-corrected chi connectivity index (χ0v) is 17.1. The van der Waals surface area contributed by atoms with Gasteiger partial charge in [0.05, 0.1) is 32.4 Å². The van der Waals surface area contributed by atoms with Crippen LogP contribution in [0.25, 0.3) is 11.0 Å². The van der Waals surface area contributed by atoms with Crippen LogP contribution in [-0.4, -0.2) is 19.6 Å². The topological polar surface area (TPSA) is 60.7 Å². The Labute approximate surface area is 165 Å². The van der Waals surface area contributed by atoms with Gasteiger partial charge in [0.1, 0.15) is 5.58 Å². The molecule has 28 heavy (non-hydrogen) atoms. The van der Waals surface area contributed by atoms with E-state index in [9.17, 15) is 4.79 Å². The van der Waals surface area contributed by atoms with Crippen molar-refractivity contribution in [2.24, 2.45) is 0 Å². The van der Waals surface area contributed by atoms with Crippen LogP contribution in [0.2, 0.25) is 0 Å². The van der Waals surface area contributed by atoms with Gasteiger partial charge in [0.15, 0.2) is 11.5 Å². The van der Waals surface area contributed by atoms with Crippen LogP contribution in [0.15, 0.2) is 41.0 Å². The highest BCUT2D eigenvalue weighted by molar-refractivity contribution is 5.89. The van der Waals surface area contributed by atoms with Crippen molar-refractivity contribution in [3.05, 3.63) is 58.8 Å². The smallest absolute Gasteiger partial charge is 0.225 e. The summed E-state index contributed by atoms with van der Waals surface area (Å²) >= 11 is 0. The van der Waals surface area contributed by atoms with Gasteiger partial charge in [-0.2, -0.15) is 0 Å². The van der Waals surface area contributed by atoms with Crippen LogP contribution in [0.1, 0.15) is 42.1 Å². The number of ether oxygens (including phenoxy) is 2. The molecule has 1 N–H and O–H groups in total. The van der Waals surface area contributed by atoms with Gasteiger partial charge in [-0.05, 0) is 56.5 Å². The lowest BCUT2D eigenvalue weighted by molar-refractivity contribution is -0.121. The zero-order valence-electron chi connectivity index (χ0n) is 17.1. The summed E-state index contributed by atoms with van der Waals surface area (Å²) in [5.74, 6) is 1.30. The summed E-state index contributed by atoms with van der Waals surface area (Å²) in [6.45, 7) is 8.54. The van der Waals surface area contributed by atoms with E-state index in [0.717, 1.165) is 27.7 Å². The third-order valence-corrected chi connectivity index (χ3v) is 5.06. The lowest BCUT2D eigenvalue weighted by atomic mass is 10.0. The van der Waals surface area contributed by atoms with E-state index >= 15 is 0 Å². The third kappa shape index (κ3) is 3.98. The normalized spacial score (nSPS) is 12.0. The Balaban J connectivity index is 1.72. The lowest BCUT2D eigenvalue weighted by Crippen LogP contribution is -2.28. The molecular formula is C23H27NO4. The van der Waals surface area contributed by atoms with Gasteiger partial charge in [-0.25, -0.2) is 0 Å². The number of aryl methyl sites for hydroxylation is 2. The molecule has 148 valence electrons. The standard InChI is InChI=1S/C23H27NO4/c1-6-27-20-10-8-17(11-21(20)26-5)16(4)24-22(25)12-18-13-28-23-15(3)14(2)7-9-19(18)23/h7-11,13,16H,6,12H2,1-5H3,(H,24,25). The number of carbonyl (C=O) groups is 1. The number of benzene rings is 2. The molecule has 5 nitrogen and oxygen atoms in total. The molecule has 0 saturated heterocycles. The van der Waals surface area contributed by atoms with Gasteiger partial charge in [0.25, 0.3) is 0 Å². The number of carbonyl (C=O) groups excluding carboxylic acids is 1. The molecule has 1 atom stereocenters. The average molecular weight is 381 g/mol. The molecule has 0 aliphatic carbocycles. The summed E-state index contributed by atoms with van der Waals surface area (Å²) in [7, 11) is 1.61. The molecular weight excluding hydrogens is 354 g/mol. The van der Waals surface area contributed by atoms with E-state index in [4.69, 9.17) is 13.9 Å². The number of amides is 1. The fourth-order valence-corrected chi connectivity index (χ4v) is 3.30. The minimum Gasteiger partial charge on any atom is -0.493 e. The van der Waals surface area contributed by atoms with E-state index < -0.39 is 0 Å². The Morgan fingerprint density at radius 1 is 1.18 bits per heavy atom. The maximum Gasteiger partial charge on any atom is 0.225 e. The maximum atomic E-state index is 12.6. The number of hydrogen-bond donors (Lipinski definition) is 1. The van der Waals surface area contributed by atoms with Crippen molar-refractivity contribution in [2.75, 3.05) is 13.7 Å². The minimum absolute atomic E-state index is 0.0544. The summed E-state index contributed by atoms with van der Waals surface area (Å²) in [6, 6.07) is 9.63. The second kappa shape index (κ2) is 8.38. The summed E-state index contributed by atoms with van der Waals surface area (Å²) in [5.41, 5.74) is 4.99. The Bertz CT molecular complexity index is 990. The minimum atomic E-state index is -0.153. The van der Waals surface area contributed by atoms with Gasteiger partial charge in [0, 0.05) is 10.9 Å². The molecule has 0 spiro atoms. The van der Waals surface area contributed by atoms with E-state index in [2.05, 4.69) is 18.3 Å². The van der Waals surface area contributed by atoms with Crippen LogP contribution in [0.5, 0.6) is 11.5 Å². The van der Waals surface area contributed by atoms with Crippen LogP contribution in [0, 0.1) is 13.8 Å². The van der Waals surface area contributed by atoms with Crippen molar-refractivity contribution in [3.63, 3.8) is 0 Å². The van der Waals surface area contributed by atoms with Gasteiger partial charge in [-0.3, -0.25) is 4.79 Å². The Morgan fingerprint density at radius 3 is 2.68 bits per heavy atom. The highest BCUT2D eigenvalue weighted by atomic mass is 16.5. The number of furan rings is 1. The molecule has 5 heteroatoms. The van der Waals surface area contributed by atoms with E-state index in [1.54, 1.807) is 13.4 Å². The van der Waals surface area contributed by atoms with Crippen molar-refractivity contribution in [1.82, 2.24) is 5.32 Å². The van der Waals surface area contributed by atoms with Crippen LogP contribution < -0.4 is 14.8 Å². The molecule has 1 heterocycles. The number of fused-ring (bicyclic) bond motifs is 1. The van der Waals surface area contributed by atoms with Crippen LogP contribution in [0.3, 0.4) is 0 Å². The molecule has 0 aliphatic heterocycles. The van der Waals surface area contributed by atoms with Crippen molar-refractivity contribution in [2.45, 2.75) is 40.2 Å². The summed E-state index contributed by atoms with van der Waals surface area (Å²) in [4.78, 5) is 12.6. The number of nitrogens with one attached hydrogen (secondary N) is 1. The Kier molecular flexibility index (Phi) is 5.93. The molecule has 1 amide bonds. The Morgan fingerprint density at radius 2 is 1.96 bits per heavy atom. The predicted molar refractivity (Wildman–Crippen MR) is 110 cm³/mol. The van der Waals surface area contributed by atoms with E-state index in [-0.39, 0.29) is 18.4 Å². The van der Waals surface area contributed by atoms with Crippen molar-refractivity contribution in [1.29, 1.82) is 0 Å².